The van der Waals surface area contributed by atoms with E-state index < -0.39 is 0 Å². The molecule has 0 bridgehead atoms. The van der Waals surface area contributed by atoms with E-state index >= 15 is 0 Å². The van der Waals surface area contributed by atoms with Gasteiger partial charge in [0, 0.05) is 31.0 Å². The van der Waals surface area contributed by atoms with Crippen LogP contribution in [0, 0.1) is 0 Å². The lowest BCUT2D eigenvalue weighted by atomic mass is 10.1. The van der Waals surface area contributed by atoms with E-state index in [9.17, 15) is 0 Å². The largest absolute Gasteiger partial charge is 0.451 e. The molecule has 42 heavy (non-hydrogen) atoms. The molecular weight excluding hydrogens is 516 g/mol. The highest BCUT2D eigenvalue weighted by Gasteiger charge is 2.09. The summed E-state index contributed by atoms with van der Waals surface area (Å²) in [5.41, 5.74) is 0. The lowest BCUT2D eigenvalue weighted by Crippen LogP contribution is -2.32. The van der Waals surface area contributed by atoms with Crippen LogP contribution in [0.3, 0.4) is 0 Å². The number of aryl methyl sites for hydroxylation is 2. The monoisotopic (exact) mass is 574 g/mol. The molecular formula is C38H58N2O2+2. The summed E-state index contributed by atoms with van der Waals surface area (Å²) in [6.45, 7) is 6.62. The zero-order valence-corrected chi connectivity index (χ0v) is 26.8. The van der Waals surface area contributed by atoms with Gasteiger partial charge in [0.25, 0.3) is 0 Å². The lowest BCUT2D eigenvalue weighted by molar-refractivity contribution is -0.697. The van der Waals surface area contributed by atoms with Gasteiger partial charge < -0.3 is 9.47 Å². The Morgan fingerprint density at radius 2 is 0.786 bits per heavy atom. The van der Waals surface area contributed by atoms with E-state index in [1.54, 1.807) is 0 Å². The zero-order valence-electron chi connectivity index (χ0n) is 26.8. The molecule has 3 rings (SSSR count). The second-order valence-corrected chi connectivity index (χ2v) is 11.9. The number of hydrogen-bond donors (Lipinski definition) is 0. The van der Waals surface area contributed by atoms with E-state index in [1.165, 1.54) is 116 Å². The fourth-order valence-corrected chi connectivity index (χ4v) is 5.48. The van der Waals surface area contributed by atoms with Crippen molar-refractivity contribution in [3.63, 3.8) is 0 Å². The quantitative estimate of drug-likeness (QED) is 0.0785. The molecule has 0 unspecified atom stereocenters. The Kier molecular flexibility index (Phi) is 17.4. The molecule has 0 fully saturated rings. The lowest BCUT2D eigenvalue weighted by Gasteiger charge is -2.08. The molecule has 1 aromatic carbocycles. The van der Waals surface area contributed by atoms with Crippen molar-refractivity contribution in [3.8, 4) is 23.0 Å². The minimum absolute atomic E-state index is 0.784. The molecule has 0 aliphatic carbocycles. The SMILES string of the molecule is CCCCCCCCCCC[n+]1cccc(Oc2cccc(Oc3ccc[n+](CCCCCCCCCCC)c3)c2)c1. The van der Waals surface area contributed by atoms with Crippen LogP contribution in [0.25, 0.3) is 0 Å². The van der Waals surface area contributed by atoms with E-state index in [0.717, 1.165) is 36.1 Å². The van der Waals surface area contributed by atoms with Gasteiger partial charge in [-0.15, -0.1) is 0 Å². The number of nitrogens with zero attached hydrogens (tertiary/aromatic N) is 2. The topological polar surface area (TPSA) is 26.2 Å². The smallest absolute Gasteiger partial charge is 0.211 e. The molecule has 0 radical (unpaired) electrons. The summed E-state index contributed by atoms with van der Waals surface area (Å²) in [6.07, 6.45) is 32.7. The number of pyridine rings is 2. The molecule has 0 atom stereocenters. The maximum Gasteiger partial charge on any atom is 0.211 e. The zero-order chi connectivity index (χ0) is 29.5. The molecule has 2 heterocycles. The van der Waals surface area contributed by atoms with Crippen molar-refractivity contribution < 1.29 is 18.6 Å². The average Bonchev–Trinajstić information content (AvgIpc) is 3.00. The first kappa shape index (κ1) is 33.6. The maximum absolute atomic E-state index is 6.22. The summed E-state index contributed by atoms with van der Waals surface area (Å²) in [6, 6.07) is 16.1. The summed E-state index contributed by atoms with van der Waals surface area (Å²) in [4.78, 5) is 0. The Bertz CT molecular complexity index is 1020. The average molecular weight is 575 g/mol. The van der Waals surface area contributed by atoms with Gasteiger partial charge >= 0.3 is 0 Å². The number of ether oxygens (including phenoxy) is 2. The minimum Gasteiger partial charge on any atom is -0.451 e. The van der Waals surface area contributed by atoms with Crippen molar-refractivity contribution in [2.75, 3.05) is 0 Å². The Balaban J connectivity index is 1.38. The number of rotatable bonds is 24. The minimum atomic E-state index is 0.784. The second-order valence-electron chi connectivity index (χ2n) is 11.9. The van der Waals surface area contributed by atoms with Crippen LogP contribution in [0.5, 0.6) is 23.0 Å². The first-order chi connectivity index (χ1) is 20.8. The van der Waals surface area contributed by atoms with Crippen molar-refractivity contribution >= 4 is 0 Å². The number of unbranched alkanes of at least 4 members (excludes halogenated alkanes) is 16. The summed E-state index contributed by atoms with van der Waals surface area (Å²) >= 11 is 0. The van der Waals surface area contributed by atoms with Gasteiger partial charge in [-0.2, -0.15) is 0 Å². The highest BCUT2D eigenvalue weighted by Crippen LogP contribution is 2.27. The normalized spacial score (nSPS) is 11.1. The van der Waals surface area contributed by atoms with Crippen LogP contribution in [0.2, 0.25) is 0 Å². The fourth-order valence-electron chi connectivity index (χ4n) is 5.48. The Morgan fingerprint density at radius 3 is 1.19 bits per heavy atom. The third-order valence-electron chi connectivity index (χ3n) is 7.98. The van der Waals surface area contributed by atoms with Crippen LogP contribution in [-0.4, -0.2) is 0 Å². The van der Waals surface area contributed by atoms with Gasteiger partial charge in [0.15, 0.2) is 23.9 Å². The van der Waals surface area contributed by atoms with Gasteiger partial charge in [-0.25, -0.2) is 9.13 Å². The molecule has 0 aliphatic rings. The van der Waals surface area contributed by atoms with Gasteiger partial charge in [0.1, 0.15) is 24.6 Å². The second kappa shape index (κ2) is 21.8. The molecule has 0 saturated carbocycles. The maximum atomic E-state index is 6.22. The molecule has 2 aromatic heterocycles. The first-order valence-corrected chi connectivity index (χ1v) is 17.2. The van der Waals surface area contributed by atoms with Crippen molar-refractivity contribution in [1.82, 2.24) is 0 Å². The molecule has 0 spiro atoms. The number of benzene rings is 1. The molecule has 0 N–H and O–H groups in total. The molecule has 3 aromatic rings. The van der Waals surface area contributed by atoms with Crippen LogP contribution < -0.4 is 18.6 Å². The predicted octanol–water partition coefficient (Wildman–Crippen LogP) is 10.9. The number of aromatic nitrogens is 2. The Labute approximate surface area is 257 Å². The van der Waals surface area contributed by atoms with Crippen molar-refractivity contribution in [2.45, 2.75) is 143 Å². The molecule has 0 saturated heterocycles. The predicted molar refractivity (Wildman–Crippen MR) is 174 cm³/mol. The highest BCUT2D eigenvalue weighted by molar-refractivity contribution is 5.37. The van der Waals surface area contributed by atoms with Crippen LogP contribution in [0.4, 0.5) is 0 Å². The molecule has 4 heteroatoms. The van der Waals surface area contributed by atoms with Crippen LogP contribution in [0.15, 0.2) is 73.3 Å². The van der Waals surface area contributed by atoms with Gasteiger partial charge in [-0.3, -0.25) is 0 Å². The fraction of sp³-hybridized carbons (Fsp3) is 0.579. The van der Waals surface area contributed by atoms with Crippen LogP contribution in [0.1, 0.15) is 129 Å². The third kappa shape index (κ3) is 14.8. The van der Waals surface area contributed by atoms with Gasteiger partial charge in [0.2, 0.25) is 12.4 Å². The Morgan fingerprint density at radius 1 is 0.429 bits per heavy atom. The van der Waals surface area contributed by atoms with Crippen LogP contribution >= 0.6 is 0 Å². The van der Waals surface area contributed by atoms with Crippen molar-refractivity contribution in [3.05, 3.63) is 73.3 Å². The Hall–Kier alpha value is -2.88. The van der Waals surface area contributed by atoms with E-state index in [0.29, 0.717) is 0 Å². The standard InChI is InChI=1S/C38H58N2O2/c1-3-5-7-9-11-13-15-17-19-28-39-30-22-26-37(33-39)41-35-24-21-25-36(32-35)42-38-27-23-31-40(34-38)29-20-18-16-14-12-10-8-6-4-2/h21-27,30-34H,3-20,28-29H2,1-2H3/q+2. The first-order valence-electron chi connectivity index (χ1n) is 17.2. The third-order valence-corrected chi connectivity index (χ3v) is 7.98. The molecule has 230 valence electrons. The highest BCUT2D eigenvalue weighted by atomic mass is 16.5. The van der Waals surface area contributed by atoms with Gasteiger partial charge in [0.05, 0.1) is 0 Å². The van der Waals surface area contributed by atoms with Crippen LogP contribution in [-0.2, 0) is 13.1 Å². The summed E-state index contributed by atoms with van der Waals surface area (Å²) in [7, 11) is 0. The van der Waals surface area contributed by atoms with E-state index in [-0.39, 0.29) is 0 Å². The molecule has 0 amide bonds. The summed E-state index contributed by atoms with van der Waals surface area (Å²) in [5, 5.41) is 0. The molecule has 0 aliphatic heterocycles. The molecule has 4 nitrogen and oxygen atoms in total. The van der Waals surface area contributed by atoms with Gasteiger partial charge in [-0.05, 0) is 37.1 Å². The van der Waals surface area contributed by atoms with Crippen molar-refractivity contribution in [1.29, 1.82) is 0 Å². The van der Waals surface area contributed by atoms with Gasteiger partial charge in [-0.1, -0.05) is 110 Å². The summed E-state index contributed by atoms with van der Waals surface area (Å²) < 4.78 is 16.9. The van der Waals surface area contributed by atoms with E-state index in [4.69, 9.17) is 9.47 Å². The van der Waals surface area contributed by atoms with E-state index in [1.807, 2.05) is 36.4 Å². The van der Waals surface area contributed by atoms with E-state index in [2.05, 4.69) is 59.9 Å². The number of hydrogen-bond acceptors (Lipinski definition) is 2. The summed E-state index contributed by atoms with van der Waals surface area (Å²) in [5.74, 6) is 3.27. The van der Waals surface area contributed by atoms with Crippen molar-refractivity contribution in [2.24, 2.45) is 0 Å².